The fourth-order valence-corrected chi connectivity index (χ4v) is 2.14. The Morgan fingerprint density at radius 1 is 1.26 bits per heavy atom. The average Bonchev–Trinajstić information content (AvgIpc) is 3.04. The first kappa shape index (κ1) is 17.3. The summed E-state index contributed by atoms with van der Waals surface area (Å²) >= 11 is 5.32. The maximum atomic E-state index is 5.94. The van der Waals surface area contributed by atoms with Crippen LogP contribution in [-0.2, 0) is 4.74 Å². The number of hydrogen-bond donors (Lipinski definition) is 0. The Hall–Kier alpha value is -2.08. The van der Waals surface area contributed by atoms with Crippen molar-refractivity contribution in [3.05, 3.63) is 43.0 Å². The molecule has 0 amide bonds. The maximum Gasteiger partial charge on any atom is 0.269 e. The molecule has 5 nitrogen and oxygen atoms in total. The van der Waals surface area contributed by atoms with Crippen molar-refractivity contribution in [2.45, 2.75) is 26.9 Å². The number of hydrogen-bond acceptors (Lipinski definition) is 5. The first-order chi connectivity index (χ1) is 10.9. The molecule has 124 valence electrons. The zero-order valence-corrected chi connectivity index (χ0v) is 14.7. The Morgan fingerprint density at radius 2 is 1.96 bits per heavy atom. The van der Waals surface area contributed by atoms with E-state index in [0.29, 0.717) is 23.3 Å². The summed E-state index contributed by atoms with van der Waals surface area (Å²) in [5.74, 6) is 1.37. The average molecular weight is 334 g/mol. The highest BCUT2D eigenvalue weighted by Gasteiger charge is 2.29. The van der Waals surface area contributed by atoms with E-state index in [1.54, 1.807) is 30.4 Å². The van der Waals surface area contributed by atoms with Gasteiger partial charge in [0, 0.05) is 17.8 Å². The third-order valence-corrected chi connectivity index (χ3v) is 3.69. The normalized spacial score (nSPS) is 12.5. The molecular weight excluding hydrogens is 312 g/mol. The summed E-state index contributed by atoms with van der Waals surface area (Å²) in [5.41, 5.74) is -0.146. The summed E-state index contributed by atoms with van der Waals surface area (Å²) in [7, 11) is 1.62. The highest BCUT2D eigenvalue weighted by Crippen LogP contribution is 2.28. The highest BCUT2D eigenvalue weighted by molar-refractivity contribution is 7.80. The molecular formula is C17H22N2O3S. The van der Waals surface area contributed by atoms with Gasteiger partial charge in [0.25, 0.3) is 5.17 Å². The maximum absolute atomic E-state index is 5.94. The van der Waals surface area contributed by atoms with Gasteiger partial charge in [0.15, 0.2) is 11.5 Å². The van der Waals surface area contributed by atoms with Gasteiger partial charge in [-0.05, 0) is 24.4 Å². The SMILES string of the molecule is COc1ccccc1OCC(OC(=S)n1ccnc1)C(C)(C)C. The molecule has 2 aromatic rings. The largest absolute Gasteiger partial charge is 0.493 e. The number of methoxy groups -OCH3 is 1. The van der Waals surface area contributed by atoms with E-state index < -0.39 is 0 Å². The van der Waals surface area contributed by atoms with Gasteiger partial charge in [-0.25, -0.2) is 4.98 Å². The van der Waals surface area contributed by atoms with Crippen molar-refractivity contribution in [2.24, 2.45) is 5.41 Å². The van der Waals surface area contributed by atoms with Crippen LogP contribution in [0.15, 0.2) is 43.0 Å². The monoisotopic (exact) mass is 334 g/mol. The van der Waals surface area contributed by atoms with Gasteiger partial charge in [-0.15, -0.1) is 0 Å². The molecule has 0 spiro atoms. The summed E-state index contributed by atoms with van der Waals surface area (Å²) in [4.78, 5) is 3.98. The summed E-state index contributed by atoms with van der Waals surface area (Å²) in [6, 6.07) is 7.53. The minimum atomic E-state index is -0.220. The van der Waals surface area contributed by atoms with Gasteiger partial charge in [-0.2, -0.15) is 0 Å². The van der Waals surface area contributed by atoms with Crippen LogP contribution in [0.2, 0.25) is 0 Å². The predicted molar refractivity (Wildman–Crippen MR) is 93.0 cm³/mol. The zero-order valence-electron chi connectivity index (χ0n) is 13.9. The lowest BCUT2D eigenvalue weighted by molar-refractivity contribution is 0.0313. The van der Waals surface area contributed by atoms with Gasteiger partial charge in [0.1, 0.15) is 19.0 Å². The standard InChI is InChI=1S/C17H22N2O3S/c1-17(2,3)15(22-16(23)19-10-9-18-12-19)11-21-14-8-6-5-7-13(14)20-4/h5-10,12,15H,11H2,1-4H3. The minimum absolute atomic E-state index is 0.146. The number of nitrogens with zero attached hydrogens (tertiary/aromatic N) is 2. The Morgan fingerprint density at radius 3 is 2.52 bits per heavy atom. The molecule has 1 atom stereocenters. The van der Waals surface area contributed by atoms with Crippen LogP contribution in [0.5, 0.6) is 11.5 Å². The number of benzene rings is 1. The topological polar surface area (TPSA) is 45.5 Å². The Bertz CT molecular complexity index is 636. The Kier molecular flexibility index (Phi) is 5.60. The molecule has 0 aliphatic carbocycles. The van der Waals surface area contributed by atoms with Gasteiger partial charge in [-0.3, -0.25) is 4.57 Å². The van der Waals surface area contributed by atoms with Crippen LogP contribution < -0.4 is 9.47 Å². The molecule has 0 N–H and O–H groups in total. The Labute approximate surface area is 142 Å². The Balaban J connectivity index is 2.06. The highest BCUT2D eigenvalue weighted by atomic mass is 32.1. The van der Waals surface area contributed by atoms with Crippen molar-refractivity contribution in [1.82, 2.24) is 9.55 Å². The van der Waals surface area contributed by atoms with E-state index in [-0.39, 0.29) is 11.5 Å². The van der Waals surface area contributed by atoms with Crippen LogP contribution in [0.25, 0.3) is 0 Å². The molecule has 1 aromatic carbocycles. The van der Waals surface area contributed by atoms with Crippen LogP contribution >= 0.6 is 12.2 Å². The molecule has 0 aliphatic heterocycles. The number of rotatable bonds is 5. The summed E-state index contributed by atoms with van der Waals surface area (Å²) in [6.07, 6.45) is 4.81. The smallest absolute Gasteiger partial charge is 0.269 e. The molecule has 1 heterocycles. The second kappa shape index (κ2) is 7.46. The van der Waals surface area contributed by atoms with Crippen molar-refractivity contribution in [3.63, 3.8) is 0 Å². The number of thiocarbonyl (C=S) groups is 1. The molecule has 0 fully saturated rings. The van der Waals surface area contributed by atoms with Crippen molar-refractivity contribution in [1.29, 1.82) is 0 Å². The predicted octanol–water partition coefficient (Wildman–Crippen LogP) is 3.54. The van der Waals surface area contributed by atoms with Crippen molar-refractivity contribution in [2.75, 3.05) is 13.7 Å². The molecule has 0 bridgehead atoms. The fraction of sp³-hybridized carbons (Fsp3) is 0.412. The molecule has 0 aliphatic rings. The van der Waals surface area contributed by atoms with Crippen molar-refractivity contribution >= 4 is 17.4 Å². The third-order valence-electron chi connectivity index (χ3n) is 3.38. The van der Waals surface area contributed by atoms with Crippen LogP contribution in [0.4, 0.5) is 0 Å². The molecule has 0 saturated carbocycles. The lowest BCUT2D eigenvalue weighted by Gasteiger charge is -2.31. The number of para-hydroxylation sites is 2. The molecule has 0 saturated heterocycles. The van der Waals surface area contributed by atoms with Gasteiger partial charge < -0.3 is 14.2 Å². The number of imidazole rings is 1. The van der Waals surface area contributed by atoms with Gasteiger partial charge in [0.05, 0.1) is 7.11 Å². The summed E-state index contributed by atoms with van der Waals surface area (Å²) in [6.45, 7) is 6.61. The second-order valence-electron chi connectivity index (χ2n) is 6.17. The van der Waals surface area contributed by atoms with Crippen LogP contribution in [0.1, 0.15) is 20.8 Å². The zero-order chi connectivity index (χ0) is 16.9. The van der Waals surface area contributed by atoms with Gasteiger partial charge >= 0.3 is 0 Å². The fourth-order valence-electron chi connectivity index (χ4n) is 1.91. The summed E-state index contributed by atoms with van der Waals surface area (Å²) < 4.78 is 18.8. The first-order valence-electron chi connectivity index (χ1n) is 7.36. The van der Waals surface area contributed by atoms with Crippen LogP contribution in [-0.4, -0.2) is 34.5 Å². The minimum Gasteiger partial charge on any atom is -0.493 e. The number of ether oxygens (including phenoxy) is 3. The third kappa shape index (κ3) is 4.69. The van der Waals surface area contributed by atoms with Crippen LogP contribution in [0.3, 0.4) is 0 Å². The quantitative estimate of drug-likeness (QED) is 0.783. The molecule has 2 rings (SSSR count). The molecule has 6 heteroatoms. The van der Waals surface area contributed by atoms with Crippen molar-refractivity contribution < 1.29 is 14.2 Å². The summed E-state index contributed by atoms with van der Waals surface area (Å²) in [5, 5.41) is 0.353. The van der Waals surface area contributed by atoms with Gasteiger partial charge in [-0.1, -0.05) is 32.9 Å². The van der Waals surface area contributed by atoms with E-state index >= 15 is 0 Å². The lowest BCUT2D eigenvalue weighted by atomic mass is 9.89. The van der Waals surface area contributed by atoms with E-state index in [0.717, 1.165) is 0 Å². The molecule has 0 radical (unpaired) electrons. The van der Waals surface area contributed by atoms with E-state index in [2.05, 4.69) is 25.8 Å². The van der Waals surface area contributed by atoms with E-state index in [9.17, 15) is 0 Å². The number of aromatic nitrogens is 2. The molecule has 23 heavy (non-hydrogen) atoms. The van der Waals surface area contributed by atoms with Crippen LogP contribution in [0, 0.1) is 5.41 Å². The second-order valence-corrected chi connectivity index (χ2v) is 6.52. The lowest BCUT2D eigenvalue weighted by Crippen LogP contribution is -2.37. The first-order valence-corrected chi connectivity index (χ1v) is 7.77. The van der Waals surface area contributed by atoms with E-state index in [4.69, 9.17) is 26.4 Å². The van der Waals surface area contributed by atoms with E-state index in [1.807, 2.05) is 24.3 Å². The van der Waals surface area contributed by atoms with E-state index in [1.165, 1.54) is 0 Å². The van der Waals surface area contributed by atoms with Gasteiger partial charge in [0.2, 0.25) is 0 Å². The molecule has 1 unspecified atom stereocenters. The van der Waals surface area contributed by atoms with Crippen molar-refractivity contribution in [3.8, 4) is 11.5 Å². The molecule has 1 aromatic heterocycles.